The van der Waals surface area contributed by atoms with Crippen LogP contribution in [0.2, 0.25) is 0 Å². The molecule has 0 saturated carbocycles. The third kappa shape index (κ3) is 5.53. The van der Waals surface area contributed by atoms with Gasteiger partial charge in [0.1, 0.15) is 5.60 Å². The third-order valence-corrected chi connectivity index (χ3v) is 3.16. The summed E-state index contributed by atoms with van der Waals surface area (Å²) in [6.45, 7) is 8.37. The van der Waals surface area contributed by atoms with E-state index >= 15 is 0 Å². The molecule has 0 aliphatic rings. The van der Waals surface area contributed by atoms with Crippen LogP contribution in [0.4, 0.5) is 0 Å². The van der Waals surface area contributed by atoms with Crippen LogP contribution in [0, 0.1) is 0 Å². The Morgan fingerprint density at radius 2 is 1.96 bits per heavy atom. The summed E-state index contributed by atoms with van der Waals surface area (Å²) in [4.78, 5) is 24.4. The van der Waals surface area contributed by atoms with Gasteiger partial charge in [0.25, 0.3) is 0 Å². The molecule has 0 bridgehead atoms. The molecule has 0 fully saturated rings. The Kier molecular flexibility index (Phi) is 7.22. The molecule has 0 unspecified atom stereocenters. The number of pyridine rings is 1. The predicted molar refractivity (Wildman–Crippen MR) is 93.1 cm³/mol. The normalized spacial score (nSPS) is 11.8. The van der Waals surface area contributed by atoms with E-state index in [0.717, 1.165) is 6.42 Å². The van der Waals surface area contributed by atoms with Crippen molar-refractivity contribution in [3.05, 3.63) is 33.8 Å². The molecule has 0 amide bonds. The van der Waals surface area contributed by atoms with Gasteiger partial charge in [-0.1, -0.05) is 6.92 Å². The van der Waals surface area contributed by atoms with Gasteiger partial charge < -0.3 is 18.8 Å². The van der Waals surface area contributed by atoms with E-state index in [4.69, 9.17) is 14.2 Å². The van der Waals surface area contributed by atoms with Crippen LogP contribution in [0.1, 0.15) is 45.4 Å². The number of carbonyl (C=O) groups is 1. The van der Waals surface area contributed by atoms with E-state index in [0.29, 0.717) is 17.8 Å². The summed E-state index contributed by atoms with van der Waals surface area (Å²) in [5.41, 5.74) is 0.199. The minimum atomic E-state index is -0.590. The van der Waals surface area contributed by atoms with Gasteiger partial charge in [-0.25, -0.2) is 4.79 Å². The lowest BCUT2D eigenvalue weighted by molar-refractivity contribution is -0.148. The molecule has 6 nitrogen and oxygen atoms in total. The first kappa shape index (κ1) is 20.0. The number of carbonyl (C=O) groups excluding carboxylic acids is 1. The Balaban J connectivity index is 3.35. The molecular weight excluding hydrogens is 310 g/mol. The number of hydrogen-bond acceptors (Lipinski definition) is 5. The number of aromatic nitrogens is 1. The number of hydrogen-bond donors (Lipinski definition) is 0. The van der Waals surface area contributed by atoms with Crippen LogP contribution in [0.5, 0.6) is 5.75 Å². The molecule has 0 spiro atoms. The molecule has 0 aliphatic carbocycles. The fourth-order valence-corrected chi connectivity index (χ4v) is 2.24. The molecule has 24 heavy (non-hydrogen) atoms. The van der Waals surface area contributed by atoms with Gasteiger partial charge >= 0.3 is 5.97 Å². The van der Waals surface area contributed by atoms with Gasteiger partial charge in [0.15, 0.2) is 5.75 Å². The summed E-state index contributed by atoms with van der Waals surface area (Å²) in [6, 6.07) is 0. The van der Waals surface area contributed by atoms with Gasteiger partial charge in [-0.2, -0.15) is 0 Å². The van der Waals surface area contributed by atoms with E-state index in [1.807, 2.05) is 11.5 Å². The highest BCUT2D eigenvalue weighted by Crippen LogP contribution is 2.16. The van der Waals surface area contributed by atoms with Crippen molar-refractivity contribution in [1.82, 2.24) is 4.57 Å². The zero-order valence-corrected chi connectivity index (χ0v) is 15.3. The van der Waals surface area contributed by atoms with Crippen LogP contribution in [-0.4, -0.2) is 30.4 Å². The maximum absolute atomic E-state index is 12.6. The summed E-state index contributed by atoms with van der Waals surface area (Å²) in [6.07, 6.45) is 5.29. The van der Waals surface area contributed by atoms with Crippen LogP contribution in [0.3, 0.4) is 0 Å². The fourth-order valence-electron chi connectivity index (χ4n) is 2.24. The summed E-state index contributed by atoms with van der Waals surface area (Å²) in [5, 5.41) is 0. The zero-order valence-electron chi connectivity index (χ0n) is 15.3. The molecule has 0 N–H and O–H groups in total. The van der Waals surface area contributed by atoms with Crippen molar-refractivity contribution in [1.29, 1.82) is 0 Å². The molecule has 1 aromatic rings. The molecule has 0 aromatic carbocycles. The Bertz CT molecular complexity index is 653. The minimum absolute atomic E-state index is 0.229. The Hall–Kier alpha value is -2.08. The van der Waals surface area contributed by atoms with E-state index in [1.54, 1.807) is 34.1 Å². The number of ether oxygens (including phenoxy) is 3. The highest BCUT2D eigenvalue weighted by atomic mass is 16.6. The van der Waals surface area contributed by atoms with Crippen LogP contribution in [0.15, 0.2) is 17.1 Å². The first-order valence-electron chi connectivity index (χ1n) is 7.93. The van der Waals surface area contributed by atoms with Gasteiger partial charge in [0, 0.05) is 25.3 Å². The standard InChI is InChI=1S/C18H27NO5/c1-7-10-19-11-15(23-6)17(21)13(14(19)12-22-5)8-9-16(20)24-18(2,3)4/h8-9,11H,7,10,12H2,1-6H3/b9-8+. The van der Waals surface area contributed by atoms with Crippen molar-refractivity contribution in [3.63, 3.8) is 0 Å². The second-order valence-corrected chi connectivity index (χ2v) is 6.38. The minimum Gasteiger partial charge on any atom is -0.491 e. The lowest BCUT2D eigenvalue weighted by Crippen LogP contribution is -2.23. The Labute approximate surface area is 143 Å². The second-order valence-electron chi connectivity index (χ2n) is 6.38. The van der Waals surface area contributed by atoms with Crippen LogP contribution in [-0.2, 0) is 27.4 Å². The van der Waals surface area contributed by atoms with Crippen molar-refractivity contribution in [2.45, 2.75) is 52.9 Å². The highest BCUT2D eigenvalue weighted by molar-refractivity contribution is 5.87. The number of nitrogens with zero attached hydrogens (tertiary/aromatic N) is 1. The monoisotopic (exact) mass is 337 g/mol. The average Bonchev–Trinajstić information content (AvgIpc) is 2.47. The predicted octanol–water partition coefficient (Wildman–Crippen LogP) is 2.77. The molecule has 0 aliphatic heterocycles. The quantitative estimate of drug-likeness (QED) is 0.565. The molecule has 134 valence electrons. The number of esters is 1. The third-order valence-electron chi connectivity index (χ3n) is 3.16. The molecule has 0 radical (unpaired) electrons. The molecule has 1 heterocycles. The van der Waals surface area contributed by atoms with Gasteiger partial charge in [-0.3, -0.25) is 4.79 Å². The number of aryl methyl sites for hydroxylation is 1. The largest absolute Gasteiger partial charge is 0.491 e. The fraction of sp³-hybridized carbons (Fsp3) is 0.556. The highest BCUT2D eigenvalue weighted by Gasteiger charge is 2.17. The molecular formula is C18H27NO5. The van der Waals surface area contributed by atoms with E-state index in [9.17, 15) is 9.59 Å². The van der Waals surface area contributed by atoms with Crippen LogP contribution >= 0.6 is 0 Å². The SMILES string of the molecule is CCCn1cc(OC)c(=O)c(/C=C/C(=O)OC(C)(C)C)c1COC. The zero-order chi connectivity index (χ0) is 18.3. The van der Waals surface area contributed by atoms with Gasteiger partial charge in [0.2, 0.25) is 5.43 Å². The lowest BCUT2D eigenvalue weighted by atomic mass is 10.1. The summed E-state index contributed by atoms with van der Waals surface area (Å²) >= 11 is 0. The molecule has 6 heteroatoms. The van der Waals surface area contributed by atoms with Crippen molar-refractivity contribution in [3.8, 4) is 5.75 Å². The topological polar surface area (TPSA) is 66.8 Å². The van der Waals surface area contributed by atoms with Gasteiger partial charge in [0.05, 0.1) is 25.6 Å². The van der Waals surface area contributed by atoms with Gasteiger partial charge in [-0.15, -0.1) is 0 Å². The van der Waals surface area contributed by atoms with Crippen LogP contribution in [0.25, 0.3) is 6.08 Å². The first-order valence-corrected chi connectivity index (χ1v) is 7.93. The molecule has 0 saturated heterocycles. The smallest absolute Gasteiger partial charge is 0.331 e. The van der Waals surface area contributed by atoms with Crippen molar-refractivity contribution >= 4 is 12.0 Å². The molecule has 1 aromatic heterocycles. The van der Waals surface area contributed by atoms with Crippen LogP contribution < -0.4 is 10.2 Å². The maximum atomic E-state index is 12.6. The first-order chi connectivity index (χ1) is 11.2. The van der Waals surface area contributed by atoms with E-state index in [-0.39, 0.29) is 17.8 Å². The average molecular weight is 337 g/mol. The molecule has 1 rings (SSSR count). The van der Waals surface area contributed by atoms with E-state index in [2.05, 4.69) is 0 Å². The van der Waals surface area contributed by atoms with Crippen molar-refractivity contribution in [2.75, 3.05) is 14.2 Å². The van der Waals surface area contributed by atoms with Crippen molar-refractivity contribution < 1.29 is 19.0 Å². The Morgan fingerprint density at radius 1 is 1.29 bits per heavy atom. The maximum Gasteiger partial charge on any atom is 0.331 e. The summed E-state index contributed by atoms with van der Waals surface area (Å²) in [5.74, 6) is -0.276. The Morgan fingerprint density at radius 3 is 2.46 bits per heavy atom. The van der Waals surface area contributed by atoms with E-state index < -0.39 is 11.6 Å². The van der Waals surface area contributed by atoms with E-state index in [1.165, 1.54) is 19.3 Å². The number of methoxy groups -OCH3 is 2. The molecule has 0 atom stereocenters. The van der Waals surface area contributed by atoms with Crippen molar-refractivity contribution in [2.24, 2.45) is 0 Å². The van der Waals surface area contributed by atoms with Gasteiger partial charge in [-0.05, 0) is 33.3 Å². The summed E-state index contributed by atoms with van der Waals surface area (Å²) < 4.78 is 17.5. The second kappa shape index (κ2) is 8.68. The lowest BCUT2D eigenvalue weighted by Gasteiger charge is -2.18. The number of rotatable bonds is 7. The summed E-state index contributed by atoms with van der Waals surface area (Å²) in [7, 11) is 3.01.